The lowest BCUT2D eigenvalue weighted by Crippen LogP contribution is -2.18. The summed E-state index contributed by atoms with van der Waals surface area (Å²) in [6.45, 7) is 5.16. The van der Waals surface area contributed by atoms with Crippen LogP contribution in [0.15, 0.2) is 6.07 Å². The molecule has 1 aromatic heterocycles. The summed E-state index contributed by atoms with van der Waals surface area (Å²) >= 11 is 0. The van der Waals surface area contributed by atoms with E-state index in [1.165, 1.54) is 31.4 Å². The van der Waals surface area contributed by atoms with Crippen LogP contribution in [0.4, 0.5) is 0 Å². The highest BCUT2D eigenvalue weighted by atomic mass is 16.3. The lowest BCUT2D eigenvalue weighted by molar-refractivity contribution is 0.138. The van der Waals surface area contributed by atoms with Crippen molar-refractivity contribution in [3.63, 3.8) is 0 Å². The largest absolute Gasteiger partial charge is 0.392 e. The van der Waals surface area contributed by atoms with Crippen molar-refractivity contribution >= 4 is 0 Å². The molecule has 3 rings (SSSR count). The third-order valence-corrected chi connectivity index (χ3v) is 5.16. The van der Waals surface area contributed by atoms with Gasteiger partial charge in [0.1, 0.15) is 0 Å². The number of aliphatic hydroxyl groups is 1. The zero-order valence-corrected chi connectivity index (χ0v) is 12.2. The number of hydrogen-bond acceptors (Lipinski definition) is 2. The van der Waals surface area contributed by atoms with Gasteiger partial charge in [-0.25, -0.2) is 0 Å². The molecule has 1 aromatic rings. The highest BCUT2D eigenvalue weighted by Gasteiger charge is 2.53. The summed E-state index contributed by atoms with van der Waals surface area (Å²) < 4.78 is 2.06. The Morgan fingerprint density at radius 1 is 1.32 bits per heavy atom. The zero-order chi connectivity index (χ0) is 13.4. The van der Waals surface area contributed by atoms with Crippen LogP contribution in [0.2, 0.25) is 0 Å². The Hall–Kier alpha value is -0.830. The van der Waals surface area contributed by atoms with E-state index in [-0.39, 0.29) is 6.10 Å². The molecule has 3 heteroatoms. The first-order valence-corrected chi connectivity index (χ1v) is 7.98. The average Bonchev–Trinajstić information content (AvgIpc) is 3.04. The fourth-order valence-corrected chi connectivity index (χ4v) is 4.09. The first-order chi connectivity index (χ1) is 9.24. The minimum Gasteiger partial charge on any atom is -0.392 e. The normalized spacial score (nSPS) is 31.0. The molecule has 3 unspecified atom stereocenters. The molecule has 2 saturated carbocycles. The maximum absolute atomic E-state index is 10.5. The minimum absolute atomic E-state index is 0.153. The molecule has 1 heterocycles. The number of aryl methyl sites for hydroxylation is 2. The Kier molecular flexibility index (Phi) is 3.66. The Morgan fingerprint density at radius 3 is 2.58 bits per heavy atom. The number of hydrogen-bond donors (Lipinski definition) is 1. The Bertz CT molecular complexity index is 428. The van der Waals surface area contributed by atoms with Gasteiger partial charge >= 0.3 is 0 Å². The SMILES string of the molecule is CCc1cc(CC(O)C2C3CCCCC32)n(CC)n1. The molecule has 3 atom stereocenters. The molecule has 0 radical (unpaired) electrons. The number of rotatable bonds is 5. The third-order valence-electron chi connectivity index (χ3n) is 5.16. The average molecular weight is 262 g/mol. The Labute approximate surface area is 116 Å². The third kappa shape index (κ3) is 2.45. The number of aromatic nitrogens is 2. The highest BCUT2D eigenvalue weighted by Crippen LogP contribution is 2.57. The van der Waals surface area contributed by atoms with Crippen LogP contribution in [-0.2, 0) is 19.4 Å². The molecule has 1 N–H and O–H groups in total. The fourth-order valence-electron chi connectivity index (χ4n) is 4.09. The second-order valence-corrected chi connectivity index (χ2v) is 6.26. The van der Waals surface area contributed by atoms with Gasteiger partial charge in [0, 0.05) is 18.7 Å². The smallest absolute Gasteiger partial charge is 0.0629 e. The molecule has 0 aliphatic heterocycles. The first-order valence-electron chi connectivity index (χ1n) is 7.98. The van der Waals surface area contributed by atoms with Crippen LogP contribution in [0.3, 0.4) is 0 Å². The zero-order valence-electron chi connectivity index (χ0n) is 12.2. The van der Waals surface area contributed by atoms with Crippen molar-refractivity contribution in [1.82, 2.24) is 9.78 Å². The topological polar surface area (TPSA) is 38.0 Å². The van der Waals surface area contributed by atoms with Gasteiger partial charge < -0.3 is 5.11 Å². The lowest BCUT2D eigenvalue weighted by atomic mass is 10.0. The van der Waals surface area contributed by atoms with Crippen molar-refractivity contribution in [3.05, 3.63) is 17.5 Å². The van der Waals surface area contributed by atoms with E-state index < -0.39 is 0 Å². The van der Waals surface area contributed by atoms with Gasteiger partial charge in [-0.2, -0.15) is 5.10 Å². The first kappa shape index (κ1) is 13.2. The predicted molar refractivity (Wildman–Crippen MR) is 75.9 cm³/mol. The predicted octanol–water partition coefficient (Wildman–Crippen LogP) is 2.81. The Balaban J connectivity index is 1.66. The molecule has 106 valence electrons. The molecule has 2 aliphatic carbocycles. The molecule has 0 bridgehead atoms. The number of nitrogens with zero attached hydrogens (tertiary/aromatic N) is 2. The summed E-state index contributed by atoms with van der Waals surface area (Å²) in [5.74, 6) is 2.23. The summed E-state index contributed by atoms with van der Waals surface area (Å²) in [6.07, 6.45) is 7.05. The monoisotopic (exact) mass is 262 g/mol. The van der Waals surface area contributed by atoms with Gasteiger partial charge in [-0.1, -0.05) is 19.8 Å². The summed E-state index contributed by atoms with van der Waals surface area (Å²) in [5, 5.41) is 15.1. The summed E-state index contributed by atoms with van der Waals surface area (Å²) in [6, 6.07) is 2.18. The fraction of sp³-hybridized carbons (Fsp3) is 0.812. The minimum atomic E-state index is -0.153. The van der Waals surface area contributed by atoms with Crippen molar-refractivity contribution in [2.24, 2.45) is 17.8 Å². The van der Waals surface area contributed by atoms with Crippen LogP contribution in [0.25, 0.3) is 0 Å². The van der Waals surface area contributed by atoms with Crippen LogP contribution < -0.4 is 0 Å². The second-order valence-electron chi connectivity index (χ2n) is 6.26. The van der Waals surface area contributed by atoms with E-state index in [1.54, 1.807) is 0 Å². The van der Waals surface area contributed by atoms with Crippen molar-refractivity contribution in [2.75, 3.05) is 0 Å². The van der Waals surface area contributed by atoms with Gasteiger partial charge in [-0.15, -0.1) is 0 Å². The standard InChI is InChI=1S/C16H26N2O/c1-3-11-9-12(18(4-2)17-11)10-15(19)16-13-7-5-6-8-14(13)16/h9,13-16,19H,3-8,10H2,1-2H3. The molecule has 0 spiro atoms. The van der Waals surface area contributed by atoms with Crippen molar-refractivity contribution in [1.29, 1.82) is 0 Å². The molecule has 19 heavy (non-hydrogen) atoms. The molecule has 0 aromatic carbocycles. The van der Waals surface area contributed by atoms with E-state index >= 15 is 0 Å². The molecular formula is C16H26N2O. The number of aliphatic hydroxyl groups excluding tert-OH is 1. The van der Waals surface area contributed by atoms with E-state index in [0.717, 1.165) is 36.9 Å². The van der Waals surface area contributed by atoms with Crippen molar-refractivity contribution in [3.8, 4) is 0 Å². The maximum Gasteiger partial charge on any atom is 0.0629 e. The van der Waals surface area contributed by atoms with Crippen molar-refractivity contribution in [2.45, 2.75) is 65.0 Å². The van der Waals surface area contributed by atoms with Gasteiger partial charge in [0.05, 0.1) is 11.8 Å². The second kappa shape index (κ2) is 5.28. The molecule has 2 aliphatic rings. The maximum atomic E-state index is 10.5. The summed E-state index contributed by atoms with van der Waals surface area (Å²) in [4.78, 5) is 0. The van der Waals surface area contributed by atoms with Crippen molar-refractivity contribution < 1.29 is 5.11 Å². The van der Waals surface area contributed by atoms with E-state index in [4.69, 9.17) is 0 Å². The quantitative estimate of drug-likeness (QED) is 0.886. The molecule has 2 fully saturated rings. The van der Waals surface area contributed by atoms with Crippen LogP contribution in [0, 0.1) is 17.8 Å². The van der Waals surface area contributed by atoms with Gasteiger partial charge in [0.25, 0.3) is 0 Å². The molecule has 0 amide bonds. The van der Waals surface area contributed by atoms with E-state index in [2.05, 4.69) is 29.7 Å². The van der Waals surface area contributed by atoms with Crippen LogP contribution in [-0.4, -0.2) is 21.0 Å². The number of fused-ring (bicyclic) bond motifs is 1. The van der Waals surface area contributed by atoms with Crippen LogP contribution in [0.5, 0.6) is 0 Å². The molecular weight excluding hydrogens is 236 g/mol. The van der Waals surface area contributed by atoms with E-state index in [0.29, 0.717) is 5.92 Å². The van der Waals surface area contributed by atoms with E-state index in [1.807, 2.05) is 0 Å². The van der Waals surface area contributed by atoms with Gasteiger partial charge in [0.15, 0.2) is 0 Å². The molecule has 0 saturated heterocycles. The lowest BCUT2D eigenvalue weighted by Gasteiger charge is -2.11. The summed E-state index contributed by atoms with van der Waals surface area (Å²) in [5.41, 5.74) is 2.37. The van der Waals surface area contributed by atoms with Gasteiger partial charge in [0.2, 0.25) is 0 Å². The van der Waals surface area contributed by atoms with Gasteiger partial charge in [-0.05, 0) is 50.0 Å². The van der Waals surface area contributed by atoms with Gasteiger partial charge in [-0.3, -0.25) is 4.68 Å². The molecule has 3 nitrogen and oxygen atoms in total. The van der Waals surface area contributed by atoms with Crippen LogP contribution >= 0.6 is 0 Å². The highest BCUT2D eigenvalue weighted by molar-refractivity contribution is 5.13. The summed E-state index contributed by atoms with van der Waals surface area (Å²) in [7, 11) is 0. The Morgan fingerprint density at radius 2 is 2.00 bits per heavy atom. The van der Waals surface area contributed by atoms with E-state index in [9.17, 15) is 5.11 Å². The van der Waals surface area contributed by atoms with Crippen LogP contribution in [0.1, 0.15) is 50.9 Å².